The predicted molar refractivity (Wildman–Crippen MR) is 94.9 cm³/mol. The van der Waals surface area contributed by atoms with E-state index in [0.717, 1.165) is 24.6 Å². The second kappa shape index (κ2) is 5.15. The summed E-state index contributed by atoms with van der Waals surface area (Å²) in [5, 5.41) is 0. The highest BCUT2D eigenvalue weighted by molar-refractivity contribution is 5.37. The molecule has 5 nitrogen and oxygen atoms in total. The topological polar surface area (TPSA) is 47.5 Å². The van der Waals surface area contributed by atoms with Crippen molar-refractivity contribution in [1.82, 2.24) is 9.97 Å². The van der Waals surface area contributed by atoms with Crippen LogP contribution in [0.25, 0.3) is 0 Å². The highest BCUT2D eigenvalue weighted by Crippen LogP contribution is 2.47. The molecular weight excluding hydrogens is 302 g/mol. The van der Waals surface area contributed by atoms with Crippen LogP contribution in [-0.2, 0) is 9.47 Å². The van der Waals surface area contributed by atoms with Gasteiger partial charge < -0.3 is 14.4 Å². The van der Waals surface area contributed by atoms with Crippen LogP contribution in [0, 0.1) is 10.8 Å². The van der Waals surface area contributed by atoms with Crippen LogP contribution >= 0.6 is 0 Å². The van der Waals surface area contributed by atoms with Crippen molar-refractivity contribution in [1.29, 1.82) is 0 Å². The molecule has 0 aromatic carbocycles. The molecule has 2 aliphatic rings. The Bertz CT molecular complexity index is 594. The molecule has 2 aliphatic heterocycles. The molecule has 1 aromatic rings. The Morgan fingerprint density at radius 3 is 1.83 bits per heavy atom. The fraction of sp³-hybridized carbons (Fsp3) is 0.789. The first-order valence-electron chi connectivity index (χ1n) is 8.77. The van der Waals surface area contributed by atoms with Crippen LogP contribution in [0.15, 0.2) is 12.4 Å². The van der Waals surface area contributed by atoms with Crippen molar-refractivity contribution < 1.29 is 9.47 Å². The molecule has 0 aliphatic carbocycles. The highest BCUT2D eigenvalue weighted by Gasteiger charge is 2.50. The van der Waals surface area contributed by atoms with E-state index in [9.17, 15) is 0 Å². The van der Waals surface area contributed by atoms with Crippen LogP contribution in [0.1, 0.15) is 67.2 Å². The molecule has 134 valence electrons. The van der Waals surface area contributed by atoms with Gasteiger partial charge in [-0.1, -0.05) is 27.7 Å². The van der Waals surface area contributed by atoms with E-state index in [2.05, 4.69) is 70.3 Å². The maximum absolute atomic E-state index is 6.05. The quantitative estimate of drug-likeness (QED) is 0.820. The fourth-order valence-electron chi connectivity index (χ4n) is 3.01. The number of ether oxygens (including phenoxy) is 2. The van der Waals surface area contributed by atoms with Crippen LogP contribution < -0.4 is 4.90 Å². The van der Waals surface area contributed by atoms with Crippen molar-refractivity contribution in [3.05, 3.63) is 18.0 Å². The first-order chi connectivity index (χ1) is 10.8. The molecular formula is C19H31N3O2. The average molecular weight is 333 g/mol. The first kappa shape index (κ1) is 17.6. The lowest BCUT2D eigenvalue weighted by atomic mass is 9.63. The number of nitrogens with zero attached hydrogens (tertiary/aromatic N) is 3. The van der Waals surface area contributed by atoms with Gasteiger partial charge in [0.15, 0.2) is 6.29 Å². The second-order valence-electron chi connectivity index (χ2n) is 9.57. The Labute approximate surface area is 145 Å². The Morgan fingerprint density at radius 2 is 1.42 bits per heavy atom. The maximum Gasteiger partial charge on any atom is 0.225 e. The monoisotopic (exact) mass is 333 g/mol. The summed E-state index contributed by atoms with van der Waals surface area (Å²) >= 11 is 0. The summed E-state index contributed by atoms with van der Waals surface area (Å²) in [7, 11) is 0. The maximum atomic E-state index is 6.05. The molecule has 0 saturated carbocycles. The molecule has 2 saturated heterocycles. The molecule has 3 heterocycles. The molecule has 2 fully saturated rings. The zero-order valence-corrected chi connectivity index (χ0v) is 16.3. The van der Waals surface area contributed by atoms with Crippen LogP contribution in [0.3, 0.4) is 0 Å². The van der Waals surface area contributed by atoms with Gasteiger partial charge in [-0.05, 0) is 33.1 Å². The molecule has 3 rings (SSSR count). The van der Waals surface area contributed by atoms with Gasteiger partial charge in [0.25, 0.3) is 0 Å². The highest BCUT2D eigenvalue weighted by atomic mass is 16.7. The minimum Gasteiger partial charge on any atom is -0.340 e. The van der Waals surface area contributed by atoms with Gasteiger partial charge in [-0.15, -0.1) is 0 Å². The Balaban J connectivity index is 1.68. The van der Waals surface area contributed by atoms with Crippen molar-refractivity contribution >= 4 is 5.95 Å². The van der Waals surface area contributed by atoms with Gasteiger partial charge in [0.2, 0.25) is 5.95 Å². The smallest absolute Gasteiger partial charge is 0.225 e. The second-order valence-corrected chi connectivity index (χ2v) is 9.57. The SMILES string of the molecule is CC(C)(C)C1(C)CN(c2ncc(C3OC(C)(C)C(C)(C)O3)cn2)C1. The third kappa shape index (κ3) is 2.72. The molecule has 5 heteroatoms. The van der Waals surface area contributed by atoms with Gasteiger partial charge in [-0.2, -0.15) is 0 Å². The van der Waals surface area contributed by atoms with E-state index in [1.54, 1.807) is 0 Å². The van der Waals surface area contributed by atoms with E-state index in [1.807, 2.05) is 12.4 Å². The van der Waals surface area contributed by atoms with E-state index in [1.165, 1.54) is 0 Å². The summed E-state index contributed by atoms with van der Waals surface area (Å²) in [6, 6.07) is 0. The van der Waals surface area contributed by atoms with Crippen molar-refractivity contribution in [2.45, 2.75) is 72.9 Å². The van der Waals surface area contributed by atoms with Crippen molar-refractivity contribution in [2.24, 2.45) is 10.8 Å². The van der Waals surface area contributed by atoms with Crippen LogP contribution in [0.4, 0.5) is 5.95 Å². The van der Waals surface area contributed by atoms with Gasteiger partial charge >= 0.3 is 0 Å². The van der Waals surface area contributed by atoms with Gasteiger partial charge in [0.05, 0.1) is 11.2 Å². The van der Waals surface area contributed by atoms with E-state index in [4.69, 9.17) is 9.47 Å². The minimum absolute atomic E-state index is 0.284. The summed E-state index contributed by atoms with van der Waals surface area (Å²) in [5.41, 5.74) is 0.772. The fourth-order valence-corrected chi connectivity index (χ4v) is 3.01. The molecule has 0 unspecified atom stereocenters. The third-order valence-corrected chi connectivity index (χ3v) is 6.36. The number of anilines is 1. The molecule has 1 aromatic heterocycles. The molecule has 0 amide bonds. The molecule has 0 N–H and O–H groups in total. The lowest BCUT2D eigenvalue weighted by Crippen LogP contribution is -2.61. The summed E-state index contributed by atoms with van der Waals surface area (Å²) in [5.74, 6) is 0.789. The Kier molecular flexibility index (Phi) is 3.78. The van der Waals surface area contributed by atoms with E-state index in [-0.39, 0.29) is 16.6 Å². The third-order valence-electron chi connectivity index (χ3n) is 6.36. The van der Waals surface area contributed by atoms with Crippen LogP contribution in [0.2, 0.25) is 0 Å². The molecule has 0 atom stereocenters. The molecule has 24 heavy (non-hydrogen) atoms. The molecule has 0 spiro atoms. The van der Waals surface area contributed by atoms with Gasteiger partial charge in [-0.25, -0.2) is 9.97 Å². The number of rotatable bonds is 2. The van der Waals surface area contributed by atoms with E-state index >= 15 is 0 Å². The number of aromatic nitrogens is 2. The summed E-state index contributed by atoms with van der Waals surface area (Å²) in [6.07, 6.45) is 3.26. The zero-order valence-electron chi connectivity index (χ0n) is 16.3. The van der Waals surface area contributed by atoms with Gasteiger partial charge in [-0.3, -0.25) is 0 Å². The lowest BCUT2D eigenvalue weighted by Gasteiger charge is -2.55. The standard InChI is InChI=1S/C19H31N3O2/c1-16(2,3)19(8)11-22(12-19)15-20-9-13(10-21-15)14-23-17(4,5)18(6,7)24-14/h9-10,14H,11-12H2,1-8H3. The Morgan fingerprint density at radius 1 is 0.958 bits per heavy atom. The van der Waals surface area contributed by atoms with Gasteiger partial charge in [0, 0.05) is 36.5 Å². The summed E-state index contributed by atoms with van der Waals surface area (Å²) < 4.78 is 12.1. The van der Waals surface area contributed by atoms with E-state index < -0.39 is 6.29 Å². The zero-order chi connectivity index (χ0) is 18.0. The van der Waals surface area contributed by atoms with Crippen molar-refractivity contribution in [3.8, 4) is 0 Å². The molecule has 0 radical (unpaired) electrons. The lowest BCUT2D eigenvalue weighted by molar-refractivity contribution is -0.0899. The predicted octanol–water partition coefficient (Wildman–Crippen LogP) is 3.95. The first-order valence-corrected chi connectivity index (χ1v) is 8.77. The summed E-state index contributed by atoms with van der Waals surface area (Å²) in [4.78, 5) is 11.3. The van der Waals surface area contributed by atoms with Crippen LogP contribution in [0.5, 0.6) is 0 Å². The largest absolute Gasteiger partial charge is 0.340 e. The van der Waals surface area contributed by atoms with Crippen molar-refractivity contribution in [3.63, 3.8) is 0 Å². The number of hydrogen-bond acceptors (Lipinski definition) is 5. The van der Waals surface area contributed by atoms with Crippen molar-refractivity contribution in [2.75, 3.05) is 18.0 Å². The average Bonchev–Trinajstić information content (AvgIpc) is 2.63. The Hall–Kier alpha value is -1.20. The normalized spacial score (nSPS) is 25.6. The summed E-state index contributed by atoms with van der Waals surface area (Å²) in [6.45, 7) is 19.4. The van der Waals surface area contributed by atoms with Crippen LogP contribution in [-0.4, -0.2) is 34.3 Å². The van der Waals surface area contributed by atoms with Gasteiger partial charge in [0.1, 0.15) is 0 Å². The number of hydrogen-bond donors (Lipinski definition) is 0. The van der Waals surface area contributed by atoms with E-state index in [0.29, 0.717) is 5.41 Å². The minimum atomic E-state index is -0.403. The molecule has 0 bridgehead atoms.